The van der Waals surface area contributed by atoms with Crippen LogP contribution in [0.5, 0.6) is 0 Å². The summed E-state index contributed by atoms with van der Waals surface area (Å²) in [7, 11) is 0. The summed E-state index contributed by atoms with van der Waals surface area (Å²) < 4.78 is 0. The molecule has 0 amide bonds. The summed E-state index contributed by atoms with van der Waals surface area (Å²) in [5, 5.41) is 0. The number of hydrogen-bond acceptors (Lipinski definition) is 1. The summed E-state index contributed by atoms with van der Waals surface area (Å²) in [6.07, 6.45) is 2.08. The number of rotatable bonds is 2. The number of allylic oxidation sites excluding steroid dienone is 2. The van der Waals surface area contributed by atoms with Gasteiger partial charge in [0.1, 0.15) is 0 Å². The lowest BCUT2D eigenvalue weighted by Crippen LogP contribution is -1.79. The second-order valence-electron chi connectivity index (χ2n) is 2.31. The highest BCUT2D eigenvalue weighted by atomic mass is 32.2. The summed E-state index contributed by atoms with van der Waals surface area (Å²) in [5.41, 5.74) is 2.53. The van der Waals surface area contributed by atoms with Gasteiger partial charge in [0.15, 0.2) is 0 Å². The van der Waals surface area contributed by atoms with Gasteiger partial charge in [-0.05, 0) is 32.6 Å². The Labute approximate surface area is 62.0 Å². The monoisotopic (exact) mass is 142 g/mol. The van der Waals surface area contributed by atoms with Crippen molar-refractivity contribution in [3.05, 3.63) is 22.6 Å². The van der Waals surface area contributed by atoms with Crippen LogP contribution in [0.15, 0.2) is 22.6 Å². The first-order valence-corrected chi connectivity index (χ1v) is 4.19. The van der Waals surface area contributed by atoms with E-state index in [1.54, 1.807) is 11.8 Å². The zero-order valence-corrected chi connectivity index (χ0v) is 7.43. The molecular formula is C8H14S. The van der Waals surface area contributed by atoms with E-state index in [0.717, 1.165) is 0 Å². The van der Waals surface area contributed by atoms with Crippen molar-refractivity contribution in [3.8, 4) is 0 Å². The predicted molar refractivity (Wildman–Crippen MR) is 46.7 cm³/mol. The smallest absolute Gasteiger partial charge is 0.00789 e. The van der Waals surface area contributed by atoms with Gasteiger partial charge in [-0.2, -0.15) is 0 Å². The summed E-state index contributed by atoms with van der Waals surface area (Å²) in [5.74, 6) is 0. The maximum Gasteiger partial charge on any atom is 0.00789 e. The van der Waals surface area contributed by atoms with E-state index in [1.807, 2.05) is 6.92 Å². The highest BCUT2D eigenvalue weighted by Crippen LogP contribution is 2.22. The Morgan fingerprint density at radius 3 is 1.67 bits per heavy atom. The third kappa shape index (κ3) is 2.75. The Balaban J connectivity index is 4.35. The van der Waals surface area contributed by atoms with Gasteiger partial charge in [-0.15, -0.1) is 11.8 Å². The number of hydrogen-bond donors (Lipinski definition) is 0. The molecule has 0 rings (SSSR count). The Morgan fingerprint density at radius 1 is 1.22 bits per heavy atom. The van der Waals surface area contributed by atoms with Crippen molar-refractivity contribution in [2.75, 3.05) is 6.26 Å². The second-order valence-corrected chi connectivity index (χ2v) is 3.13. The molecule has 0 heterocycles. The molecule has 0 aromatic carbocycles. The average Bonchev–Trinajstić information content (AvgIpc) is 1.64. The Morgan fingerprint density at radius 2 is 1.67 bits per heavy atom. The maximum atomic E-state index is 3.87. The molecule has 0 aliphatic carbocycles. The lowest BCUT2D eigenvalue weighted by Gasteiger charge is -2.03. The molecule has 0 unspecified atom stereocenters. The highest BCUT2D eigenvalue weighted by molar-refractivity contribution is 8.02. The zero-order chi connectivity index (χ0) is 7.44. The Kier molecular flexibility index (Phi) is 3.71. The normalized spacial score (nSPS) is 8.89. The first kappa shape index (κ1) is 8.83. The topological polar surface area (TPSA) is 0 Å². The fourth-order valence-corrected chi connectivity index (χ4v) is 1.56. The SMILES string of the molecule is C=C(C)C(SC)=C(C)C. The lowest BCUT2D eigenvalue weighted by atomic mass is 10.2. The van der Waals surface area contributed by atoms with E-state index >= 15 is 0 Å². The molecule has 0 saturated carbocycles. The first-order valence-electron chi connectivity index (χ1n) is 2.97. The largest absolute Gasteiger partial charge is 0.129 e. The first-order chi connectivity index (χ1) is 4.09. The highest BCUT2D eigenvalue weighted by Gasteiger charge is 1.95. The van der Waals surface area contributed by atoms with E-state index in [0.29, 0.717) is 0 Å². The van der Waals surface area contributed by atoms with E-state index < -0.39 is 0 Å². The molecule has 0 fully saturated rings. The van der Waals surface area contributed by atoms with Gasteiger partial charge < -0.3 is 0 Å². The van der Waals surface area contributed by atoms with Crippen LogP contribution >= 0.6 is 11.8 Å². The molecule has 0 N–H and O–H groups in total. The molecule has 0 atom stereocenters. The van der Waals surface area contributed by atoms with Crippen molar-refractivity contribution >= 4 is 11.8 Å². The standard InChI is InChI=1S/C8H14S/c1-6(2)8(9-5)7(3)4/h1H2,2-5H3. The molecule has 0 saturated heterocycles. The van der Waals surface area contributed by atoms with Gasteiger partial charge in [0.05, 0.1) is 0 Å². The van der Waals surface area contributed by atoms with E-state index in [-0.39, 0.29) is 0 Å². The molecule has 0 spiro atoms. The van der Waals surface area contributed by atoms with Gasteiger partial charge in [-0.25, -0.2) is 0 Å². The zero-order valence-electron chi connectivity index (χ0n) is 6.62. The van der Waals surface area contributed by atoms with E-state index in [9.17, 15) is 0 Å². The maximum absolute atomic E-state index is 3.87. The fraction of sp³-hybridized carbons (Fsp3) is 0.500. The minimum atomic E-state index is 1.17. The molecule has 9 heavy (non-hydrogen) atoms. The number of thioether (sulfide) groups is 1. The summed E-state index contributed by atoms with van der Waals surface area (Å²) >= 11 is 1.77. The Hall–Kier alpha value is -0.170. The molecule has 0 aromatic rings. The van der Waals surface area contributed by atoms with Gasteiger partial charge in [-0.3, -0.25) is 0 Å². The minimum Gasteiger partial charge on any atom is -0.129 e. The molecule has 0 nitrogen and oxygen atoms in total. The van der Waals surface area contributed by atoms with Crippen molar-refractivity contribution in [1.82, 2.24) is 0 Å². The van der Waals surface area contributed by atoms with Crippen LogP contribution in [0.25, 0.3) is 0 Å². The van der Waals surface area contributed by atoms with Gasteiger partial charge in [0, 0.05) is 4.91 Å². The average molecular weight is 142 g/mol. The van der Waals surface area contributed by atoms with Crippen molar-refractivity contribution in [2.45, 2.75) is 20.8 Å². The molecule has 1 heteroatoms. The van der Waals surface area contributed by atoms with Crippen LogP contribution in [0.3, 0.4) is 0 Å². The van der Waals surface area contributed by atoms with Crippen molar-refractivity contribution in [1.29, 1.82) is 0 Å². The van der Waals surface area contributed by atoms with Crippen molar-refractivity contribution in [2.24, 2.45) is 0 Å². The molecule has 0 aromatic heterocycles. The van der Waals surface area contributed by atoms with Crippen LogP contribution < -0.4 is 0 Å². The van der Waals surface area contributed by atoms with Crippen LogP contribution in [0.2, 0.25) is 0 Å². The van der Waals surface area contributed by atoms with Crippen LogP contribution in [0, 0.1) is 0 Å². The molecule has 0 aliphatic heterocycles. The van der Waals surface area contributed by atoms with Crippen molar-refractivity contribution < 1.29 is 0 Å². The quantitative estimate of drug-likeness (QED) is 0.533. The third-order valence-electron chi connectivity index (χ3n) is 1.05. The molecule has 0 bridgehead atoms. The van der Waals surface area contributed by atoms with Crippen LogP contribution in [-0.2, 0) is 0 Å². The van der Waals surface area contributed by atoms with Crippen LogP contribution in [0.1, 0.15) is 20.8 Å². The van der Waals surface area contributed by atoms with Crippen molar-refractivity contribution in [3.63, 3.8) is 0 Å². The van der Waals surface area contributed by atoms with Crippen LogP contribution in [0.4, 0.5) is 0 Å². The third-order valence-corrected chi connectivity index (χ3v) is 2.21. The lowest BCUT2D eigenvalue weighted by molar-refractivity contribution is 1.34. The molecule has 0 radical (unpaired) electrons. The summed E-state index contributed by atoms with van der Waals surface area (Å²) in [4.78, 5) is 1.33. The van der Waals surface area contributed by atoms with Crippen LogP contribution in [-0.4, -0.2) is 6.26 Å². The van der Waals surface area contributed by atoms with Gasteiger partial charge in [0.25, 0.3) is 0 Å². The van der Waals surface area contributed by atoms with Gasteiger partial charge in [-0.1, -0.05) is 12.2 Å². The Bertz CT molecular complexity index is 139. The minimum absolute atomic E-state index is 1.17. The van der Waals surface area contributed by atoms with E-state index in [1.165, 1.54) is 16.1 Å². The van der Waals surface area contributed by atoms with E-state index in [2.05, 4.69) is 26.7 Å². The second kappa shape index (κ2) is 3.78. The van der Waals surface area contributed by atoms with E-state index in [4.69, 9.17) is 0 Å². The summed E-state index contributed by atoms with van der Waals surface area (Å²) in [6.45, 7) is 10.1. The van der Waals surface area contributed by atoms with Gasteiger partial charge in [0.2, 0.25) is 0 Å². The molecule has 52 valence electrons. The molecule has 0 aliphatic rings. The summed E-state index contributed by atoms with van der Waals surface area (Å²) in [6, 6.07) is 0. The predicted octanol–water partition coefficient (Wildman–Crippen LogP) is 3.22. The van der Waals surface area contributed by atoms with Gasteiger partial charge >= 0.3 is 0 Å². The fourth-order valence-electron chi connectivity index (χ4n) is 0.805. The molecular weight excluding hydrogens is 128 g/mol.